The van der Waals surface area contributed by atoms with E-state index in [0.717, 1.165) is 60.8 Å². The number of benzene rings is 6. The first kappa shape index (κ1) is 22.9. The topological polar surface area (TPSA) is 35.9 Å². The summed E-state index contributed by atoms with van der Waals surface area (Å²) >= 11 is 0. The zero-order valence-corrected chi connectivity index (χ0v) is 21.4. The number of fused-ring (bicyclic) bond motifs is 3. The van der Waals surface area contributed by atoms with Crippen LogP contribution in [-0.4, -0.2) is 5.71 Å². The Morgan fingerprint density at radius 2 is 1.15 bits per heavy atom. The van der Waals surface area contributed by atoms with E-state index in [9.17, 15) is 5.41 Å². The zero-order chi connectivity index (χ0) is 26.2. The molecule has 0 aliphatic carbocycles. The molecule has 1 aliphatic heterocycles. The fourth-order valence-electron chi connectivity index (χ4n) is 5.54. The van der Waals surface area contributed by atoms with Gasteiger partial charge in [-0.1, -0.05) is 121 Å². The first-order chi connectivity index (χ1) is 19.2. The SMILES string of the molecule is N=C(/C=C1\NC(c2ccccc2)=Cc2ccc(-c3ccccc3)cc21)c1c2ccccc2cc2ccccc12. The summed E-state index contributed by atoms with van der Waals surface area (Å²) in [4.78, 5) is 0. The van der Waals surface area contributed by atoms with Gasteiger partial charge in [0.15, 0.2) is 0 Å². The highest BCUT2D eigenvalue weighted by molar-refractivity contribution is 6.25. The molecule has 2 heteroatoms. The first-order valence-corrected chi connectivity index (χ1v) is 13.2. The lowest BCUT2D eigenvalue weighted by Gasteiger charge is -2.24. The summed E-state index contributed by atoms with van der Waals surface area (Å²) in [5.74, 6) is 0. The maximum absolute atomic E-state index is 9.42. The summed E-state index contributed by atoms with van der Waals surface area (Å²) in [5, 5.41) is 17.6. The van der Waals surface area contributed by atoms with Gasteiger partial charge in [0, 0.05) is 22.5 Å². The molecule has 2 nitrogen and oxygen atoms in total. The highest BCUT2D eigenvalue weighted by Gasteiger charge is 2.19. The lowest BCUT2D eigenvalue weighted by atomic mass is 9.90. The number of allylic oxidation sites excluding steroid dienone is 1. The molecule has 6 aromatic carbocycles. The van der Waals surface area contributed by atoms with Crippen LogP contribution in [-0.2, 0) is 0 Å². The standard InChI is InChI=1S/C37H26N2/c38-34(37-31-17-9-7-15-28(31)21-29-16-8-10-18-32(29)37)24-36-33-22-27(25-11-3-1-4-12-25)19-20-30(33)23-35(39-36)26-13-5-2-6-14-26/h1-24,38-39H/b36-24-,38-34?. The Hall–Kier alpha value is -5.21. The molecule has 1 aliphatic rings. The van der Waals surface area contributed by atoms with Crippen LogP contribution in [0.3, 0.4) is 0 Å². The van der Waals surface area contributed by atoms with Gasteiger partial charge in [-0.2, -0.15) is 0 Å². The Kier molecular flexibility index (Phi) is 5.64. The number of hydrogen-bond donors (Lipinski definition) is 2. The Labute approximate surface area is 228 Å². The molecule has 0 bridgehead atoms. The van der Waals surface area contributed by atoms with Crippen LogP contribution in [0.2, 0.25) is 0 Å². The van der Waals surface area contributed by atoms with Crippen molar-refractivity contribution in [1.82, 2.24) is 5.32 Å². The van der Waals surface area contributed by atoms with Crippen LogP contribution in [0, 0.1) is 5.41 Å². The average Bonchev–Trinajstić information content (AvgIpc) is 3.00. The second-order valence-electron chi connectivity index (χ2n) is 9.88. The fraction of sp³-hybridized carbons (Fsp3) is 0. The third-order valence-corrected chi connectivity index (χ3v) is 7.43. The van der Waals surface area contributed by atoms with Crippen LogP contribution in [0.4, 0.5) is 0 Å². The van der Waals surface area contributed by atoms with Gasteiger partial charge >= 0.3 is 0 Å². The first-order valence-electron chi connectivity index (χ1n) is 13.2. The van der Waals surface area contributed by atoms with Crippen molar-refractivity contribution in [3.05, 3.63) is 162 Å². The molecule has 0 amide bonds. The summed E-state index contributed by atoms with van der Waals surface area (Å²) < 4.78 is 0. The zero-order valence-electron chi connectivity index (χ0n) is 21.4. The molecule has 0 aromatic heterocycles. The second kappa shape index (κ2) is 9.59. The van der Waals surface area contributed by atoms with E-state index in [1.165, 1.54) is 5.56 Å². The minimum atomic E-state index is 0.482. The van der Waals surface area contributed by atoms with Gasteiger partial charge in [-0.3, -0.25) is 0 Å². The van der Waals surface area contributed by atoms with Crippen LogP contribution in [0.5, 0.6) is 0 Å². The van der Waals surface area contributed by atoms with Crippen molar-refractivity contribution in [2.24, 2.45) is 0 Å². The third-order valence-electron chi connectivity index (χ3n) is 7.43. The predicted octanol–water partition coefficient (Wildman–Crippen LogP) is 9.17. The van der Waals surface area contributed by atoms with Gasteiger partial charge in [-0.25, -0.2) is 0 Å². The summed E-state index contributed by atoms with van der Waals surface area (Å²) in [6.07, 6.45) is 4.20. The van der Waals surface area contributed by atoms with E-state index in [1.54, 1.807) is 0 Å². The maximum atomic E-state index is 9.42. The van der Waals surface area contributed by atoms with Crippen molar-refractivity contribution in [2.45, 2.75) is 0 Å². The Morgan fingerprint density at radius 3 is 1.82 bits per heavy atom. The minimum Gasteiger partial charge on any atom is -0.354 e. The lowest BCUT2D eigenvalue weighted by molar-refractivity contribution is 1.22. The summed E-state index contributed by atoms with van der Waals surface area (Å²) in [5.41, 5.74) is 9.05. The molecule has 0 atom stereocenters. The van der Waals surface area contributed by atoms with E-state index in [0.29, 0.717) is 5.71 Å². The van der Waals surface area contributed by atoms with Gasteiger partial charge in [0.1, 0.15) is 0 Å². The molecule has 2 N–H and O–H groups in total. The smallest absolute Gasteiger partial charge is 0.0645 e. The Bertz CT molecular complexity index is 1880. The van der Waals surface area contributed by atoms with Gasteiger partial charge in [-0.05, 0) is 68.1 Å². The Morgan fingerprint density at radius 1 is 0.564 bits per heavy atom. The molecule has 6 aromatic rings. The van der Waals surface area contributed by atoms with Crippen molar-refractivity contribution < 1.29 is 0 Å². The van der Waals surface area contributed by atoms with E-state index in [2.05, 4.69) is 133 Å². The lowest BCUT2D eigenvalue weighted by Crippen LogP contribution is -2.17. The fourth-order valence-corrected chi connectivity index (χ4v) is 5.54. The van der Waals surface area contributed by atoms with Gasteiger partial charge in [0.05, 0.1) is 5.71 Å². The van der Waals surface area contributed by atoms with Gasteiger partial charge in [0.25, 0.3) is 0 Å². The molecule has 1 heterocycles. The van der Waals surface area contributed by atoms with Crippen LogP contribution in [0.15, 0.2) is 140 Å². The maximum Gasteiger partial charge on any atom is 0.0645 e. The van der Waals surface area contributed by atoms with Crippen molar-refractivity contribution in [2.75, 3.05) is 0 Å². The monoisotopic (exact) mass is 498 g/mol. The van der Waals surface area contributed by atoms with E-state index in [1.807, 2.05) is 18.2 Å². The van der Waals surface area contributed by atoms with Gasteiger partial charge in [-0.15, -0.1) is 0 Å². The minimum absolute atomic E-state index is 0.482. The summed E-state index contributed by atoms with van der Waals surface area (Å²) in [6, 6.07) is 46.4. The quantitative estimate of drug-likeness (QED) is 0.184. The highest BCUT2D eigenvalue weighted by Crippen LogP contribution is 2.35. The van der Waals surface area contributed by atoms with Crippen molar-refractivity contribution in [3.8, 4) is 11.1 Å². The molecule has 0 fully saturated rings. The van der Waals surface area contributed by atoms with Crippen LogP contribution in [0.1, 0.15) is 22.3 Å². The molecular weight excluding hydrogens is 472 g/mol. The predicted molar refractivity (Wildman–Crippen MR) is 166 cm³/mol. The molecule has 0 radical (unpaired) electrons. The third kappa shape index (κ3) is 4.22. The van der Waals surface area contributed by atoms with Crippen molar-refractivity contribution >= 4 is 44.7 Å². The molecule has 0 saturated carbocycles. The average molecular weight is 499 g/mol. The van der Waals surface area contributed by atoms with Crippen molar-refractivity contribution in [1.29, 1.82) is 5.41 Å². The molecule has 7 rings (SSSR count). The second-order valence-corrected chi connectivity index (χ2v) is 9.88. The van der Waals surface area contributed by atoms with Crippen molar-refractivity contribution in [3.63, 3.8) is 0 Å². The van der Waals surface area contributed by atoms with Gasteiger partial charge < -0.3 is 10.7 Å². The summed E-state index contributed by atoms with van der Waals surface area (Å²) in [7, 11) is 0. The molecular formula is C37H26N2. The van der Waals surface area contributed by atoms with E-state index in [4.69, 9.17) is 0 Å². The van der Waals surface area contributed by atoms with Gasteiger partial charge in [0.2, 0.25) is 0 Å². The van der Waals surface area contributed by atoms with E-state index >= 15 is 0 Å². The Balaban J connectivity index is 1.42. The van der Waals surface area contributed by atoms with E-state index < -0.39 is 0 Å². The molecule has 0 saturated heterocycles. The number of rotatable bonds is 4. The molecule has 0 spiro atoms. The van der Waals surface area contributed by atoms with Crippen LogP contribution >= 0.6 is 0 Å². The number of nitrogens with one attached hydrogen (secondary N) is 2. The van der Waals surface area contributed by atoms with Crippen LogP contribution in [0.25, 0.3) is 50.1 Å². The number of hydrogen-bond acceptors (Lipinski definition) is 2. The normalized spacial score (nSPS) is 13.6. The highest BCUT2D eigenvalue weighted by atomic mass is 14.9. The van der Waals surface area contributed by atoms with Crippen LogP contribution < -0.4 is 5.32 Å². The van der Waals surface area contributed by atoms with E-state index in [-0.39, 0.29) is 0 Å². The molecule has 39 heavy (non-hydrogen) atoms. The largest absolute Gasteiger partial charge is 0.354 e. The summed E-state index contributed by atoms with van der Waals surface area (Å²) in [6.45, 7) is 0. The molecule has 0 unspecified atom stereocenters. The molecule has 184 valence electrons.